The number of amides is 1. The molecule has 1 amide bonds. The van der Waals surface area contributed by atoms with Crippen molar-refractivity contribution in [3.05, 3.63) is 47.1 Å². The monoisotopic (exact) mass is 280 g/mol. The van der Waals surface area contributed by atoms with E-state index in [1.54, 1.807) is 37.4 Å². The topological polar surface area (TPSA) is 64.4 Å². The first kappa shape index (κ1) is 13.4. The van der Waals surface area contributed by atoms with Crippen molar-refractivity contribution >= 4 is 17.5 Å². The molecule has 1 N–H and O–H groups in total. The smallest absolute Gasteiger partial charge is 0.258 e. The third kappa shape index (κ3) is 4.30. The van der Waals surface area contributed by atoms with Gasteiger partial charge in [0.25, 0.3) is 5.91 Å². The van der Waals surface area contributed by atoms with E-state index in [2.05, 4.69) is 10.3 Å². The normalized spacial score (nSPS) is 10.2. The second kappa shape index (κ2) is 6.24. The summed E-state index contributed by atoms with van der Waals surface area (Å²) in [6.07, 6.45) is 1.60. The lowest BCUT2D eigenvalue weighted by atomic mass is 10.3. The summed E-state index contributed by atoms with van der Waals surface area (Å²) in [7, 11) is 0. The molecule has 0 fully saturated rings. The molecule has 0 atom stereocenters. The Labute approximate surface area is 115 Å². The first-order valence-corrected chi connectivity index (χ1v) is 6.07. The molecule has 0 aliphatic heterocycles. The van der Waals surface area contributed by atoms with E-state index in [4.69, 9.17) is 20.8 Å². The molecule has 2 aromatic rings. The van der Waals surface area contributed by atoms with E-state index in [1.807, 2.05) is 0 Å². The molecule has 1 aromatic heterocycles. The van der Waals surface area contributed by atoms with E-state index < -0.39 is 0 Å². The van der Waals surface area contributed by atoms with Crippen LogP contribution in [0.25, 0.3) is 0 Å². The van der Waals surface area contributed by atoms with E-state index in [0.29, 0.717) is 22.4 Å². The zero-order valence-electron chi connectivity index (χ0n) is 10.4. The second-order valence-corrected chi connectivity index (χ2v) is 4.32. The number of benzene rings is 1. The van der Waals surface area contributed by atoms with Crippen LogP contribution in [0.3, 0.4) is 0 Å². The lowest BCUT2D eigenvalue weighted by Crippen LogP contribution is -2.28. The van der Waals surface area contributed by atoms with Crippen LogP contribution in [0.5, 0.6) is 5.75 Å². The summed E-state index contributed by atoms with van der Waals surface area (Å²) in [5, 5.41) is 3.27. The molecule has 1 heterocycles. The predicted molar refractivity (Wildman–Crippen MR) is 70.0 cm³/mol. The molecule has 0 saturated heterocycles. The van der Waals surface area contributed by atoms with Crippen LogP contribution in [0.2, 0.25) is 5.02 Å². The van der Waals surface area contributed by atoms with Gasteiger partial charge in [0, 0.05) is 5.02 Å². The van der Waals surface area contributed by atoms with E-state index in [-0.39, 0.29) is 19.1 Å². The van der Waals surface area contributed by atoms with Crippen LogP contribution in [-0.2, 0) is 11.3 Å². The molecule has 0 bridgehead atoms. The minimum atomic E-state index is -0.245. The van der Waals surface area contributed by atoms with Gasteiger partial charge in [-0.2, -0.15) is 0 Å². The Kier molecular flexibility index (Phi) is 4.41. The molecule has 19 heavy (non-hydrogen) atoms. The summed E-state index contributed by atoms with van der Waals surface area (Å²) in [4.78, 5) is 15.5. The van der Waals surface area contributed by atoms with E-state index >= 15 is 0 Å². The van der Waals surface area contributed by atoms with Gasteiger partial charge in [0.1, 0.15) is 11.5 Å². The lowest BCUT2D eigenvalue weighted by molar-refractivity contribution is -0.123. The van der Waals surface area contributed by atoms with Crippen molar-refractivity contribution in [1.29, 1.82) is 0 Å². The van der Waals surface area contributed by atoms with Gasteiger partial charge in [0.05, 0.1) is 12.7 Å². The van der Waals surface area contributed by atoms with Gasteiger partial charge in [-0.15, -0.1) is 0 Å². The number of nitrogens with one attached hydrogen (secondary N) is 1. The summed E-state index contributed by atoms with van der Waals surface area (Å²) in [6, 6.07) is 6.80. The maximum absolute atomic E-state index is 11.5. The third-order valence-electron chi connectivity index (χ3n) is 2.29. The standard InChI is InChI=1S/C13H13ClN2O3/c1-9-6-16-13(19-9)7-15-12(17)8-18-11-4-2-10(14)3-5-11/h2-6H,7-8H2,1H3,(H,15,17). The van der Waals surface area contributed by atoms with E-state index in [0.717, 1.165) is 0 Å². The molecule has 100 valence electrons. The number of hydrogen-bond acceptors (Lipinski definition) is 4. The average molecular weight is 281 g/mol. The molecule has 1 aromatic carbocycles. The highest BCUT2D eigenvalue weighted by Crippen LogP contribution is 2.15. The van der Waals surface area contributed by atoms with Crippen LogP contribution in [0.15, 0.2) is 34.9 Å². The third-order valence-corrected chi connectivity index (χ3v) is 2.54. The number of aryl methyl sites for hydroxylation is 1. The Morgan fingerprint density at radius 2 is 2.16 bits per heavy atom. The number of oxazole rings is 1. The number of aromatic nitrogens is 1. The Hall–Kier alpha value is -2.01. The lowest BCUT2D eigenvalue weighted by Gasteiger charge is -2.06. The molecule has 0 radical (unpaired) electrons. The largest absolute Gasteiger partial charge is 0.484 e. The zero-order valence-corrected chi connectivity index (χ0v) is 11.1. The number of halogens is 1. The molecule has 0 aliphatic carbocycles. The van der Waals surface area contributed by atoms with Gasteiger partial charge in [-0.05, 0) is 31.2 Å². The summed E-state index contributed by atoms with van der Waals surface area (Å²) in [5.74, 6) is 1.52. The van der Waals surface area contributed by atoms with E-state index in [9.17, 15) is 4.79 Å². The van der Waals surface area contributed by atoms with Crippen molar-refractivity contribution in [2.45, 2.75) is 13.5 Å². The first-order chi connectivity index (χ1) is 9.13. The first-order valence-electron chi connectivity index (χ1n) is 5.70. The molecule has 0 saturated carbocycles. The molecule has 0 aliphatic rings. The fourth-order valence-electron chi connectivity index (χ4n) is 1.39. The number of nitrogens with zero attached hydrogens (tertiary/aromatic N) is 1. The van der Waals surface area contributed by atoms with Gasteiger partial charge in [-0.25, -0.2) is 4.98 Å². The highest BCUT2D eigenvalue weighted by Gasteiger charge is 2.05. The minimum Gasteiger partial charge on any atom is -0.484 e. The Balaban J connectivity index is 1.74. The van der Waals surface area contributed by atoms with Crippen molar-refractivity contribution in [1.82, 2.24) is 10.3 Å². The Bertz CT molecular complexity index is 551. The van der Waals surface area contributed by atoms with Gasteiger partial charge in [0.15, 0.2) is 6.61 Å². The van der Waals surface area contributed by atoms with Crippen LogP contribution in [0, 0.1) is 6.92 Å². The Morgan fingerprint density at radius 3 is 2.79 bits per heavy atom. The summed E-state index contributed by atoms with van der Waals surface area (Å²) < 4.78 is 10.5. The number of hydrogen-bond donors (Lipinski definition) is 1. The maximum atomic E-state index is 11.5. The molecular formula is C13H13ClN2O3. The highest BCUT2D eigenvalue weighted by atomic mass is 35.5. The summed E-state index contributed by atoms with van der Waals surface area (Å²) in [6.45, 7) is 1.97. The maximum Gasteiger partial charge on any atom is 0.258 e. The second-order valence-electron chi connectivity index (χ2n) is 3.88. The van der Waals surface area contributed by atoms with Gasteiger partial charge < -0.3 is 14.5 Å². The SMILES string of the molecule is Cc1cnc(CNC(=O)COc2ccc(Cl)cc2)o1. The van der Waals surface area contributed by atoms with Crippen molar-refractivity contribution < 1.29 is 13.9 Å². The van der Waals surface area contributed by atoms with Gasteiger partial charge in [-0.1, -0.05) is 11.6 Å². The quantitative estimate of drug-likeness (QED) is 0.913. The van der Waals surface area contributed by atoms with Crippen LogP contribution in [-0.4, -0.2) is 17.5 Å². The molecule has 6 heteroatoms. The fraction of sp³-hybridized carbons (Fsp3) is 0.231. The van der Waals surface area contributed by atoms with Gasteiger partial charge >= 0.3 is 0 Å². The summed E-state index contributed by atoms with van der Waals surface area (Å²) in [5.41, 5.74) is 0. The van der Waals surface area contributed by atoms with Crippen molar-refractivity contribution in [2.75, 3.05) is 6.61 Å². The summed E-state index contributed by atoms with van der Waals surface area (Å²) >= 11 is 5.74. The van der Waals surface area contributed by atoms with Crippen LogP contribution < -0.4 is 10.1 Å². The molecule has 5 nitrogen and oxygen atoms in total. The highest BCUT2D eigenvalue weighted by molar-refractivity contribution is 6.30. The fourth-order valence-corrected chi connectivity index (χ4v) is 1.51. The van der Waals surface area contributed by atoms with Crippen LogP contribution in [0.4, 0.5) is 0 Å². The van der Waals surface area contributed by atoms with Gasteiger partial charge in [-0.3, -0.25) is 4.79 Å². The Morgan fingerprint density at radius 1 is 1.42 bits per heavy atom. The van der Waals surface area contributed by atoms with Gasteiger partial charge in [0.2, 0.25) is 5.89 Å². The zero-order chi connectivity index (χ0) is 13.7. The number of ether oxygens (including phenoxy) is 1. The molecular weight excluding hydrogens is 268 g/mol. The average Bonchev–Trinajstić information content (AvgIpc) is 2.81. The minimum absolute atomic E-state index is 0.0681. The number of rotatable bonds is 5. The van der Waals surface area contributed by atoms with Crippen LogP contribution in [0.1, 0.15) is 11.7 Å². The van der Waals surface area contributed by atoms with Crippen LogP contribution >= 0.6 is 11.6 Å². The van der Waals surface area contributed by atoms with Crippen molar-refractivity contribution in [2.24, 2.45) is 0 Å². The molecule has 0 unspecified atom stereocenters. The number of carbonyl (C=O) groups is 1. The van der Waals surface area contributed by atoms with Crippen molar-refractivity contribution in [3.63, 3.8) is 0 Å². The number of carbonyl (C=O) groups excluding carboxylic acids is 1. The predicted octanol–water partition coefficient (Wildman–Crippen LogP) is 2.33. The molecule has 0 spiro atoms. The molecule has 2 rings (SSSR count). The van der Waals surface area contributed by atoms with Crippen molar-refractivity contribution in [3.8, 4) is 5.75 Å². The van der Waals surface area contributed by atoms with E-state index in [1.165, 1.54) is 0 Å².